The predicted molar refractivity (Wildman–Crippen MR) is 111 cm³/mol. The molecular weight excluding hydrogens is 410 g/mol. The predicted octanol–water partition coefficient (Wildman–Crippen LogP) is 0.716. The first kappa shape index (κ1) is 22.9. The average molecular weight is 442 g/mol. The van der Waals surface area contributed by atoms with E-state index in [1.165, 1.54) is 10.7 Å². The number of sulfonamides is 1. The molecule has 2 saturated heterocycles. The molecule has 0 saturated carbocycles. The Morgan fingerprint density at radius 2 is 1.87 bits per heavy atom. The van der Waals surface area contributed by atoms with Crippen LogP contribution in [0.4, 0.5) is 5.82 Å². The van der Waals surface area contributed by atoms with Crippen molar-refractivity contribution in [1.82, 2.24) is 20.0 Å². The largest absolute Gasteiger partial charge is 0.381 e. The number of nitrogens with zero attached hydrogens (tertiary/aromatic N) is 4. The molecule has 2 N–H and O–H groups in total. The fourth-order valence-electron chi connectivity index (χ4n) is 4.02. The summed E-state index contributed by atoms with van der Waals surface area (Å²) in [4.78, 5) is 14.3. The maximum absolute atomic E-state index is 13.3. The van der Waals surface area contributed by atoms with Gasteiger partial charge in [0.05, 0.1) is 5.69 Å². The number of aromatic nitrogens is 2. The first-order valence-electron chi connectivity index (χ1n) is 10.5. The molecule has 1 amide bonds. The second kappa shape index (κ2) is 9.99. The van der Waals surface area contributed by atoms with Crippen LogP contribution in [0.2, 0.25) is 0 Å². The number of hydrogen-bond acceptors (Lipinski definition) is 8. The fourth-order valence-corrected chi connectivity index (χ4v) is 6.12. The molecule has 0 unspecified atom stereocenters. The molecule has 1 aromatic rings. The Labute approximate surface area is 177 Å². The van der Waals surface area contributed by atoms with Crippen molar-refractivity contribution in [3.63, 3.8) is 0 Å². The molecule has 0 spiro atoms. The summed E-state index contributed by atoms with van der Waals surface area (Å²) in [6.07, 6.45) is 4.37. The highest BCUT2D eigenvalue weighted by molar-refractivity contribution is 7.91. The number of hydrogen-bond donors (Lipinski definition) is 2. The Morgan fingerprint density at radius 1 is 1.17 bits per heavy atom. The van der Waals surface area contributed by atoms with E-state index < -0.39 is 20.7 Å². The van der Waals surface area contributed by atoms with Gasteiger partial charge in [-0.05, 0) is 25.0 Å². The molecule has 0 bridgehead atoms. The number of hydroxylamine groups is 1. The number of rotatable bonds is 8. The molecule has 2 aliphatic rings. The molecule has 168 valence electrons. The van der Waals surface area contributed by atoms with Crippen LogP contribution in [0.15, 0.2) is 12.1 Å². The van der Waals surface area contributed by atoms with Gasteiger partial charge in [0.15, 0.2) is 10.6 Å². The normalized spacial score (nSPS) is 20.1. The lowest BCUT2D eigenvalue weighted by molar-refractivity contribution is -0.134. The van der Waals surface area contributed by atoms with E-state index in [2.05, 4.69) is 17.1 Å². The van der Waals surface area contributed by atoms with E-state index in [0.29, 0.717) is 13.1 Å². The molecule has 11 heteroatoms. The highest BCUT2D eigenvalue weighted by Crippen LogP contribution is 2.33. The van der Waals surface area contributed by atoms with Crippen molar-refractivity contribution >= 4 is 21.7 Å². The van der Waals surface area contributed by atoms with Crippen LogP contribution >= 0.6 is 0 Å². The minimum Gasteiger partial charge on any atom is -0.381 e. The molecule has 0 aromatic carbocycles. The van der Waals surface area contributed by atoms with Crippen molar-refractivity contribution in [3.05, 3.63) is 17.8 Å². The highest BCUT2D eigenvalue weighted by atomic mass is 32.2. The highest BCUT2D eigenvalue weighted by Gasteiger charge is 2.54. The van der Waals surface area contributed by atoms with Gasteiger partial charge in [0.1, 0.15) is 0 Å². The van der Waals surface area contributed by atoms with Gasteiger partial charge in [-0.25, -0.2) is 13.9 Å². The SMILES string of the molecule is CCCCCc1ccc(N2CCN(S(=O)(=O)C3(C(=O)NO)CCOCC3)CC2)nn1. The van der Waals surface area contributed by atoms with Crippen molar-refractivity contribution in [3.8, 4) is 0 Å². The van der Waals surface area contributed by atoms with E-state index in [9.17, 15) is 13.2 Å². The first-order chi connectivity index (χ1) is 14.4. The van der Waals surface area contributed by atoms with E-state index >= 15 is 0 Å². The Balaban J connectivity index is 1.64. The molecule has 10 nitrogen and oxygen atoms in total. The Kier molecular flexibility index (Phi) is 7.61. The quantitative estimate of drug-likeness (QED) is 0.343. The Morgan fingerprint density at radius 3 is 2.43 bits per heavy atom. The van der Waals surface area contributed by atoms with Gasteiger partial charge in [0, 0.05) is 52.2 Å². The summed E-state index contributed by atoms with van der Waals surface area (Å²) in [5, 5.41) is 17.8. The van der Waals surface area contributed by atoms with Gasteiger partial charge in [-0.1, -0.05) is 19.8 Å². The van der Waals surface area contributed by atoms with Crippen molar-refractivity contribution in [2.24, 2.45) is 0 Å². The van der Waals surface area contributed by atoms with Crippen LogP contribution in [-0.4, -0.2) is 78.2 Å². The Hall–Kier alpha value is -1.82. The second-order valence-electron chi connectivity index (χ2n) is 7.78. The number of nitrogens with one attached hydrogen (secondary N) is 1. The minimum atomic E-state index is -3.96. The number of carbonyl (C=O) groups is 1. The van der Waals surface area contributed by atoms with E-state index in [1.54, 1.807) is 5.48 Å². The van der Waals surface area contributed by atoms with E-state index in [-0.39, 0.29) is 39.1 Å². The van der Waals surface area contributed by atoms with Gasteiger partial charge in [-0.15, -0.1) is 5.10 Å². The number of anilines is 1. The smallest absolute Gasteiger partial charge is 0.266 e. The van der Waals surface area contributed by atoms with Crippen molar-refractivity contribution < 1.29 is 23.2 Å². The number of piperazine rings is 1. The van der Waals surface area contributed by atoms with Gasteiger partial charge in [0.25, 0.3) is 5.91 Å². The van der Waals surface area contributed by atoms with Crippen LogP contribution in [0.5, 0.6) is 0 Å². The van der Waals surface area contributed by atoms with Gasteiger partial charge < -0.3 is 9.64 Å². The van der Waals surface area contributed by atoms with Crippen LogP contribution < -0.4 is 10.4 Å². The van der Waals surface area contributed by atoms with Crippen LogP contribution in [-0.2, 0) is 26.0 Å². The maximum Gasteiger partial charge on any atom is 0.266 e. The third kappa shape index (κ3) is 4.58. The molecule has 3 heterocycles. The summed E-state index contributed by atoms with van der Waals surface area (Å²) in [5.74, 6) is -0.169. The van der Waals surface area contributed by atoms with Crippen LogP contribution in [0, 0.1) is 0 Å². The minimum absolute atomic E-state index is 0.0207. The molecule has 0 aliphatic carbocycles. The van der Waals surface area contributed by atoms with E-state index in [0.717, 1.165) is 30.8 Å². The number of ether oxygens (including phenoxy) is 1. The molecule has 2 fully saturated rings. The molecule has 0 radical (unpaired) electrons. The van der Waals surface area contributed by atoms with Crippen LogP contribution in [0.25, 0.3) is 0 Å². The average Bonchev–Trinajstić information content (AvgIpc) is 2.79. The zero-order valence-electron chi connectivity index (χ0n) is 17.4. The number of aryl methyl sites for hydroxylation is 1. The zero-order valence-corrected chi connectivity index (χ0v) is 18.2. The summed E-state index contributed by atoms with van der Waals surface area (Å²) < 4.78 is 31.6. The molecule has 3 rings (SSSR count). The maximum atomic E-state index is 13.3. The number of carbonyl (C=O) groups excluding carboxylic acids is 1. The van der Waals surface area contributed by atoms with Crippen molar-refractivity contribution in [2.45, 2.75) is 50.2 Å². The first-order valence-corrected chi connectivity index (χ1v) is 12.0. The number of amides is 1. The number of unbranched alkanes of at least 4 members (excludes halogenated alkanes) is 2. The summed E-state index contributed by atoms with van der Waals surface area (Å²) in [6.45, 7) is 3.87. The topological polar surface area (TPSA) is 125 Å². The lowest BCUT2D eigenvalue weighted by Crippen LogP contribution is -2.62. The fraction of sp³-hybridized carbons (Fsp3) is 0.737. The standard InChI is InChI=1S/C19H31N5O5S/c1-2-3-4-5-16-6-7-17(21-20-16)23-10-12-24(13-11-23)30(27,28)19(18(25)22-26)8-14-29-15-9-19/h6-7,26H,2-5,8-15H2,1H3,(H,22,25). The Bertz CT molecular complexity index is 803. The third-order valence-corrected chi connectivity index (χ3v) is 8.58. The van der Waals surface area contributed by atoms with Gasteiger partial charge >= 0.3 is 0 Å². The lowest BCUT2D eigenvalue weighted by Gasteiger charge is -2.41. The van der Waals surface area contributed by atoms with Crippen molar-refractivity contribution in [1.29, 1.82) is 0 Å². The summed E-state index contributed by atoms with van der Waals surface area (Å²) in [5.41, 5.74) is 2.51. The lowest BCUT2D eigenvalue weighted by atomic mass is 9.98. The van der Waals surface area contributed by atoms with E-state index in [4.69, 9.17) is 9.94 Å². The van der Waals surface area contributed by atoms with Gasteiger partial charge in [0.2, 0.25) is 10.0 Å². The molecule has 30 heavy (non-hydrogen) atoms. The molecule has 2 aliphatic heterocycles. The zero-order chi connectivity index (χ0) is 21.6. The van der Waals surface area contributed by atoms with E-state index in [1.807, 2.05) is 17.0 Å². The summed E-state index contributed by atoms with van der Waals surface area (Å²) in [6, 6.07) is 3.90. The third-order valence-electron chi connectivity index (χ3n) is 5.95. The van der Waals surface area contributed by atoms with Crippen LogP contribution in [0.1, 0.15) is 44.7 Å². The molecule has 1 aromatic heterocycles. The van der Waals surface area contributed by atoms with Gasteiger partial charge in [-0.3, -0.25) is 10.0 Å². The second-order valence-corrected chi connectivity index (χ2v) is 10.0. The summed E-state index contributed by atoms with van der Waals surface area (Å²) >= 11 is 0. The molecule has 0 atom stereocenters. The monoisotopic (exact) mass is 441 g/mol. The van der Waals surface area contributed by atoms with Crippen LogP contribution in [0.3, 0.4) is 0 Å². The summed E-state index contributed by atoms with van der Waals surface area (Å²) in [7, 11) is -3.96. The van der Waals surface area contributed by atoms with Crippen molar-refractivity contribution in [2.75, 3.05) is 44.3 Å². The van der Waals surface area contributed by atoms with Gasteiger partial charge in [-0.2, -0.15) is 9.40 Å². The molecular formula is C19H31N5O5S.